The summed E-state index contributed by atoms with van der Waals surface area (Å²) in [5.41, 5.74) is 1.14. The molecule has 4 aliphatic rings. The average Bonchev–Trinajstić information content (AvgIpc) is 2.71. The molecule has 4 aliphatic carbocycles. The summed E-state index contributed by atoms with van der Waals surface area (Å²) >= 11 is 0. The second kappa shape index (κ2) is 8.77. The molecule has 0 aliphatic heterocycles. The average molecular weight is 411 g/mol. The SMILES string of the molecule is COCc1cccc(C(=O)OCC(=O)N(CCC#N)C23CC4CC(CC(C4)C2)C3)c1. The molecule has 0 heterocycles. The first-order valence-electron chi connectivity index (χ1n) is 11.0. The molecule has 0 spiro atoms. The van der Waals surface area contributed by atoms with Gasteiger partial charge in [0, 0.05) is 19.2 Å². The van der Waals surface area contributed by atoms with Crippen LogP contribution in [-0.2, 0) is 20.9 Å². The molecular formula is C24H30N2O4. The van der Waals surface area contributed by atoms with Gasteiger partial charge in [0.1, 0.15) is 0 Å². The van der Waals surface area contributed by atoms with Crippen LogP contribution in [0.2, 0.25) is 0 Å². The molecule has 4 saturated carbocycles. The second-order valence-corrected chi connectivity index (χ2v) is 9.30. The van der Waals surface area contributed by atoms with Crippen molar-refractivity contribution >= 4 is 11.9 Å². The van der Waals surface area contributed by atoms with Gasteiger partial charge < -0.3 is 14.4 Å². The van der Waals surface area contributed by atoms with E-state index < -0.39 is 5.97 Å². The van der Waals surface area contributed by atoms with E-state index in [1.165, 1.54) is 19.3 Å². The number of esters is 1. The third-order valence-electron chi connectivity index (χ3n) is 7.13. The highest BCUT2D eigenvalue weighted by atomic mass is 16.5. The number of amides is 1. The largest absolute Gasteiger partial charge is 0.452 e. The Balaban J connectivity index is 1.44. The number of carbonyl (C=O) groups excluding carboxylic acids is 2. The van der Waals surface area contributed by atoms with Crippen molar-refractivity contribution in [3.8, 4) is 6.07 Å². The molecular weight excluding hydrogens is 380 g/mol. The summed E-state index contributed by atoms with van der Waals surface area (Å²) in [7, 11) is 1.60. The smallest absolute Gasteiger partial charge is 0.338 e. The van der Waals surface area contributed by atoms with Gasteiger partial charge in [0.25, 0.3) is 5.91 Å². The maximum Gasteiger partial charge on any atom is 0.338 e. The number of nitriles is 1. The fourth-order valence-electron chi connectivity index (χ4n) is 6.43. The lowest BCUT2D eigenvalue weighted by molar-refractivity contribution is -0.153. The van der Waals surface area contributed by atoms with Crippen LogP contribution in [0.25, 0.3) is 0 Å². The minimum Gasteiger partial charge on any atom is -0.452 e. The fourth-order valence-corrected chi connectivity index (χ4v) is 6.43. The van der Waals surface area contributed by atoms with Gasteiger partial charge in [-0.2, -0.15) is 5.26 Å². The van der Waals surface area contributed by atoms with Crippen molar-refractivity contribution in [2.24, 2.45) is 17.8 Å². The first-order valence-corrected chi connectivity index (χ1v) is 11.0. The molecule has 5 rings (SSSR count). The number of nitrogens with zero attached hydrogens (tertiary/aromatic N) is 2. The predicted octanol–water partition coefficient (Wildman–Crippen LogP) is 3.70. The predicted molar refractivity (Wildman–Crippen MR) is 110 cm³/mol. The topological polar surface area (TPSA) is 79.6 Å². The third kappa shape index (κ3) is 4.22. The Morgan fingerprint density at radius 1 is 1.17 bits per heavy atom. The molecule has 4 bridgehead atoms. The number of carbonyl (C=O) groups is 2. The number of benzene rings is 1. The van der Waals surface area contributed by atoms with E-state index in [2.05, 4.69) is 6.07 Å². The Hall–Kier alpha value is -2.39. The van der Waals surface area contributed by atoms with Gasteiger partial charge in [-0.1, -0.05) is 12.1 Å². The van der Waals surface area contributed by atoms with Gasteiger partial charge in [-0.15, -0.1) is 0 Å². The molecule has 6 nitrogen and oxygen atoms in total. The lowest BCUT2D eigenvalue weighted by Crippen LogP contribution is -2.62. The molecule has 30 heavy (non-hydrogen) atoms. The van der Waals surface area contributed by atoms with E-state index in [0.29, 0.717) is 42.9 Å². The van der Waals surface area contributed by atoms with Crippen molar-refractivity contribution in [3.63, 3.8) is 0 Å². The lowest BCUT2D eigenvalue weighted by atomic mass is 9.52. The number of hydrogen-bond acceptors (Lipinski definition) is 5. The first kappa shape index (κ1) is 20.9. The van der Waals surface area contributed by atoms with E-state index in [0.717, 1.165) is 24.8 Å². The van der Waals surface area contributed by atoms with Crippen molar-refractivity contribution in [3.05, 3.63) is 35.4 Å². The molecule has 1 amide bonds. The zero-order valence-corrected chi connectivity index (χ0v) is 17.6. The minimum absolute atomic E-state index is 0.145. The third-order valence-corrected chi connectivity index (χ3v) is 7.13. The summed E-state index contributed by atoms with van der Waals surface area (Å²) < 4.78 is 10.5. The molecule has 1 aromatic carbocycles. The summed E-state index contributed by atoms with van der Waals surface area (Å²) in [6.45, 7) is 0.552. The Morgan fingerprint density at radius 2 is 1.83 bits per heavy atom. The minimum atomic E-state index is -0.507. The maximum atomic E-state index is 13.2. The summed E-state index contributed by atoms with van der Waals surface area (Å²) in [5.74, 6) is 1.40. The van der Waals surface area contributed by atoms with Crippen LogP contribution < -0.4 is 0 Å². The molecule has 4 fully saturated rings. The number of ether oxygens (including phenoxy) is 2. The van der Waals surface area contributed by atoms with Gasteiger partial charge in [0.05, 0.1) is 24.7 Å². The summed E-state index contributed by atoms with van der Waals surface area (Å²) in [6, 6.07) is 9.24. The Kier molecular flexibility index (Phi) is 6.10. The summed E-state index contributed by atoms with van der Waals surface area (Å²) in [6.07, 6.45) is 7.25. The standard InChI is InChI=1S/C24H30N2O4/c1-29-15-17-4-2-5-21(11-17)23(28)30-16-22(27)26(7-3-6-25)24-12-18-8-19(13-24)10-20(9-18)14-24/h2,4-5,11,18-20H,3,7-10,12-16H2,1H3. The van der Waals surface area contributed by atoms with Gasteiger partial charge in [-0.05, 0) is 74.0 Å². The van der Waals surface area contributed by atoms with Crippen molar-refractivity contribution in [2.75, 3.05) is 20.3 Å². The van der Waals surface area contributed by atoms with Crippen LogP contribution >= 0.6 is 0 Å². The van der Waals surface area contributed by atoms with E-state index in [4.69, 9.17) is 14.7 Å². The Labute approximate surface area is 178 Å². The highest BCUT2D eigenvalue weighted by Crippen LogP contribution is 2.57. The lowest BCUT2D eigenvalue weighted by Gasteiger charge is -2.60. The van der Waals surface area contributed by atoms with Crippen LogP contribution in [0.5, 0.6) is 0 Å². The molecule has 0 aromatic heterocycles. The van der Waals surface area contributed by atoms with Crippen molar-refractivity contribution in [1.82, 2.24) is 4.90 Å². The normalized spacial score (nSPS) is 28.7. The van der Waals surface area contributed by atoms with Gasteiger partial charge in [-0.3, -0.25) is 4.79 Å². The van der Waals surface area contributed by atoms with Gasteiger partial charge in [0.2, 0.25) is 0 Å². The van der Waals surface area contributed by atoms with Crippen LogP contribution in [0.3, 0.4) is 0 Å². The molecule has 0 saturated heterocycles. The van der Waals surface area contributed by atoms with Gasteiger partial charge >= 0.3 is 5.97 Å². The Bertz CT molecular complexity index is 809. The highest BCUT2D eigenvalue weighted by molar-refractivity contribution is 5.91. The molecule has 1 aromatic rings. The van der Waals surface area contributed by atoms with Crippen LogP contribution in [0.15, 0.2) is 24.3 Å². The van der Waals surface area contributed by atoms with E-state index in [9.17, 15) is 9.59 Å². The Morgan fingerprint density at radius 3 is 2.43 bits per heavy atom. The van der Waals surface area contributed by atoms with Gasteiger partial charge in [0.15, 0.2) is 6.61 Å². The van der Waals surface area contributed by atoms with E-state index in [-0.39, 0.29) is 18.1 Å². The molecule has 0 radical (unpaired) electrons. The van der Waals surface area contributed by atoms with Crippen LogP contribution in [0, 0.1) is 29.1 Å². The van der Waals surface area contributed by atoms with Crippen LogP contribution in [0.4, 0.5) is 0 Å². The number of rotatable bonds is 8. The van der Waals surface area contributed by atoms with E-state index >= 15 is 0 Å². The molecule has 0 N–H and O–H groups in total. The van der Waals surface area contributed by atoms with Gasteiger partial charge in [-0.25, -0.2) is 4.79 Å². The molecule has 6 heteroatoms. The zero-order valence-electron chi connectivity index (χ0n) is 17.6. The van der Waals surface area contributed by atoms with Crippen LogP contribution in [-0.4, -0.2) is 42.6 Å². The van der Waals surface area contributed by atoms with Crippen molar-refractivity contribution < 1.29 is 19.1 Å². The first-order chi connectivity index (χ1) is 14.5. The van der Waals surface area contributed by atoms with E-state index in [1.807, 2.05) is 11.0 Å². The number of hydrogen-bond donors (Lipinski definition) is 0. The molecule has 160 valence electrons. The second-order valence-electron chi connectivity index (χ2n) is 9.30. The molecule has 0 atom stereocenters. The van der Waals surface area contributed by atoms with Crippen molar-refractivity contribution in [2.45, 2.75) is 57.1 Å². The van der Waals surface area contributed by atoms with Crippen molar-refractivity contribution in [1.29, 1.82) is 5.26 Å². The molecule has 0 unspecified atom stereocenters. The number of methoxy groups -OCH3 is 1. The zero-order chi connectivity index (χ0) is 21.1. The maximum absolute atomic E-state index is 13.2. The quantitative estimate of drug-likeness (QED) is 0.611. The highest BCUT2D eigenvalue weighted by Gasteiger charge is 2.54. The van der Waals surface area contributed by atoms with E-state index in [1.54, 1.807) is 25.3 Å². The fraction of sp³-hybridized carbons (Fsp3) is 0.625. The summed E-state index contributed by atoms with van der Waals surface area (Å²) in [5, 5.41) is 9.13. The summed E-state index contributed by atoms with van der Waals surface area (Å²) in [4.78, 5) is 27.6. The monoisotopic (exact) mass is 410 g/mol. The van der Waals surface area contributed by atoms with Crippen LogP contribution in [0.1, 0.15) is 60.9 Å².